The fraction of sp³-hybridized carbons (Fsp3) is 0.263. The maximum atomic E-state index is 12.6. The molecular weight excluding hydrogens is 316 g/mol. The summed E-state index contributed by atoms with van der Waals surface area (Å²) in [5.74, 6) is -0.0572. The Labute approximate surface area is 145 Å². The van der Waals surface area contributed by atoms with E-state index in [4.69, 9.17) is 0 Å². The van der Waals surface area contributed by atoms with Gasteiger partial charge in [-0.25, -0.2) is 4.68 Å². The van der Waals surface area contributed by atoms with Gasteiger partial charge in [0.2, 0.25) is 0 Å². The van der Waals surface area contributed by atoms with Crippen LogP contribution in [0.4, 0.5) is 0 Å². The van der Waals surface area contributed by atoms with Crippen LogP contribution in [-0.4, -0.2) is 39.7 Å². The third kappa shape index (κ3) is 3.03. The van der Waals surface area contributed by atoms with Crippen molar-refractivity contribution in [1.82, 2.24) is 19.7 Å². The van der Waals surface area contributed by atoms with Crippen molar-refractivity contribution in [3.05, 3.63) is 58.5 Å². The fourth-order valence-corrected chi connectivity index (χ4v) is 2.67. The molecule has 128 valence electrons. The maximum absolute atomic E-state index is 12.6. The fourth-order valence-electron chi connectivity index (χ4n) is 2.67. The summed E-state index contributed by atoms with van der Waals surface area (Å²) >= 11 is 0. The van der Waals surface area contributed by atoms with E-state index in [1.807, 2.05) is 32.0 Å². The van der Waals surface area contributed by atoms with E-state index in [0.29, 0.717) is 22.2 Å². The van der Waals surface area contributed by atoms with Crippen molar-refractivity contribution in [1.29, 1.82) is 0 Å². The van der Waals surface area contributed by atoms with E-state index in [1.54, 1.807) is 38.5 Å². The first kappa shape index (κ1) is 16.8. The normalized spacial score (nSPS) is 11.1. The number of carbonyl (C=O) groups excluding carboxylic acids is 1. The molecule has 0 fully saturated rings. The lowest BCUT2D eigenvalue weighted by Crippen LogP contribution is -2.26. The van der Waals surface area contributed by atoms with E-state index < -0.39 is 0 Å². The second-order valence-corrected chi connectivity index (χ2v) is 6.37. The van der Waals surface area contributed by atoms with Gasteiger partial charge in [0.1, 0.15) is 11.2 Å². The number of amides is 1. The third-order valence-electron chi connectivity index (χ3n) is 3.98. The Balaban J connectivity index is 2.20. The monoisotopic (exact) mass is 336 g/mol. The molecule has 0 bridgehead atoms. The number of pyridine rings is 1. The van der Waals surface area contributed by atoms with Crippen LogP contribution in [0.1, 0.15) is 30.2 Å². The molecule has 6 heteroatoms. The number of carbonyl (C=O) groups is 1. The van der Waals surface area contributed by atoms with E-state index in [2.05, 4.69) is 10.1 Å². The second kappa shape index (κ2) is 6.47. The van der Waals surface area contributed by atoms with Crippen LogP contribution in [0.2, 0.25) is 0 Å². The zero-order chi connectivity index (χ0) is 18.1. The van der Waals surface area contributed by atoms with Gasteiger partial charge in [-0.2, -0.15) is 5.10 Å². The molecule has 2 heterocycles. The minimum atomic E-state index is -0.200. The third-order valence-corrected chi connectivity index (χ3v) is 3.98. The molecule has 3 rings (SSSR count). The Morgan fingerprint density at radius 1 is 1.12 bits per heavy atom. The molecule has 0 aliphatic carbocycles. The highest BCUT2D eigenvalue weighted by molar-refractivity contribution is 5.95. The molecule has 0 aliphatic rings. The van der Waals surface area contributed by atoms with Gasteiger partial charge in [-0.15, -0.1) is 0 Å². The van der Waals surface area contributed by atoms with E-state index in [1.165, 1.54) is 9.58 Å². The molecule has 1 amide bonds. The Bertz CT molecular complexity index is 988. The summed E-state index contributed by atoms with van der Waals surface area (Å²) in [5, 5.41) is 5.25. The van der Waals surface area contributed by atoms with Crippen LogP contribution < -0.4 is 5.56 Å². The topological polar surface area (TPSA) is 68.1 Å². The van der Waals surface area contributed by atoms with Gasteiger partial charge in [0.05, 0.1) is 6.04 Å². The van der Waals surface area contributed by atoms with E-state index in [-0.39, 0.29) is 17.5 Å². The van der Waals surface area contributed by atoms with Gasteiger partial charge in [0, 0.05) is 36.8 Å². The lowest BCUT2D eigenvalue weighted by Gasteiger charge is -2.14. The highest BCUT2D eigenvalue weighted by Gasteiger charge is 2.15. The molecule has 0 N–H and O–H groups in total. The number of nitrogens with zero attached hydrogens (tertiary/aromatic N) is 4. The Kier molecular flexibility index (Phi) is 4.35. The SMILES string of the molecule is CC(C)n1nc(-c2ccc(C(=O)N(C)C)cc2)c2cccnc2c1=O. The largest absolute Gasteiger partial charge is 0.345 e. The molecule has 0 unspecified atom stereocenters. The number of fused-ring (bicyclic) bond motifs is 1. The molecule has 0 aliphatic heterocycles. The zero-order valence-corrected chi connectivity index (χ0v) is 14.7. The molecule has 0 spiro atoms. The highest BCUT2D eigenvalue weighted by Crippen LogP contribution is 2.24. The first-order valence-corrected chi connectivity index (χ1v) is 8.09. The van der Waals surface area contributed by atoms with E-state index >= 15 is 0 Å². The van der Waals surface area contributed by atoms with Gasteiger partial charge >= 0.3 is 0 Å². The first-order chi connectivity index (χ1) is 11.9. The second-order valence-electron chi connectivity index (χ2n) is 6.37. The molecule has 6 nitrogen and oxygen atoms in total. The molecule has 3 aromatic rings. The maximum Gasteiger partial charge on any atom is 0.293 e. The minimum Gasteiger partial charge on any atom is -0.345 e. The Morgan fingerprint density at radius 3 is 2.40 bits per heavy atom. The van der Waals surface area contributed by atoms with Gasteiger partial charge in [0.25, 0.3) is 11.5 Å². The van der Waals surface area contributed by atoms with Crippen molar-refractivity contribution in [3.63, 3.8) is 0 Å². The average molecular weight is 336 g/mol. The summed E-state index contributed by atoms with van der Waals surface area (Å²) in [5.41, 5.74) is 2.32. The van der Waals surface area contributed by atoms with Crippen molar-refractivity contribution >= 4 is 16.8 Å². The molecular formula is C19H20N4O2. The van der Waals surface area contributed by atoms with Crippen LogP contribution in [0.25, 0.3) is 22.2 Å². The van der Waals surface area contributed by atoms with Crippen LogP contribution in [-0.2, 0) is 0 Å². The highest BCUT2D eigenvalue weighted by atomic mass is 16.2. The molecule has 0 radical (unpaired) electrons. The van der Waals surface area contributed by atoms with Crippen LogP contribution in [0.3, 0.4) is 0 Å². The molecule has 25 heavy (non-hydrogen) atoms. The summed E-state index contributed by atoms with van der Waals surface area (Å²) in [6, 6.07) is 10.8. The standard InChI is InChI=1S/C19H20N4O2/c1-12(2)23-19(25)17-15(6-5-11-20-17)16(21-23)13-7-9-14(10-8-13)18(24)22(3)4/h5-12H,1-4H3. The molecule has 0 saturated heterocycles. The number of hydrogen-bond acceptors (Lipinski definition) is 4. The smallest absolute Gasteiger partial charge is 0.293 e. The van der Waals surface area contributed by atoms with Crippen molar-refractivity contribution in [2.75, 3.05) is 14.1 Å². The average Bonchev–Trinajstić information content (AvgIpc) is 2.61. The lowest BCUT2D eigenvalue weighted by molar-refractivity contribution is 0.0827. The molecule has 1 aromatic carbocycles. The summed E-state index contributed by atoms with van der Waals surface area (Å²) in [4.78, 5) is 30.4. The van der Waals surface area contributed by atoms with Gasteiger partial charge in [-0.3, -0.25) is 14.6 Å². The van der Waals surface area contributed by atoms with Crippen molar-refractivity contribution in [2.24, 2.45) is 0 Å². The number of rotatable bonds is 3. The zero-order valence-electron chi connectivity index (χ0n) is 14.7. The van der Waals surface area contributed by atoms with Crippen molar-refractivity contribution in [2.45, 2.75) is 19.9 Å². The van der Waals surface area contributed by atoms with Gasteiger partial charge in [-0.05, 0) is 38.1 Å². The van der Waals surface area contributed by atoms with Crippen LogP contribution >= 0.6 is 0 Å². The molecule has 2 aromatic heterocycles. The van der Waals surface area contributed by atoms with Gasteiger partial charge < -0.3 is 4.90 Å². The van der Waals surface area contributed by atoms with Crippen LogP contribution in [0.5, 0.6) is 0 Å². The summed E-state index contributed by atoms with van der Waals surface area (Å²) in [6.45, 7) is 3.82. The lowest BCUT2D eigenvalue weighted by atomic mass is 10.0. The van der Waals surface area contributed by atoms with E-state index in [0.717, 1.165) is 5.56 Å². The molecule has 0 saturated carbocycles. The van der Waals surface area contributed by atoms with Gasteiger partial charge in [-0.1, -0.05) is 12.1 Å². The van der Waals surface area contributed by atoms with E-state index in [9.17, 15) is 9.59 Å². The summed E-state index contributed by atoms with van der Waals surface area (Å²) in [7, 11) is 3.44. The summed E-state index contributed by atoms with van der Waals surface area (Å²) < 4.78 is 1.45. The number of hydrogen-bond donors (Lipinski definition) is 0. The number of aromatic nitrogens is 3. The minimum absolute atomic E-state index is 0.0572. The predicted molar refractivity (Wildman–Crippen MR) is 97.6 cm³/mol. The number of benzene rings is 1. The Hall–Kier alpha value is -3.02. The first-order valence-electron chi connectivity index (χ1n) is 8.09. The van der Waals surface area contributed by atoms with Crippen molar-refractivity contribution < 1.29 is 4.79 Å². The summed E-state index contributed by atoms with van der Waals surface area (Å²) in [6.07, 6.45) is 1.61. The van der Waals surface area contributed by atoms with Crippen molar-refractivity contribution in [3.8, 4) is 11.3 Å². The Morgan fingerprint density at radius 2 is 1.80 bits per heavy atom. The predicted octanol–water partition coefficient (Wildman–Crippen LogP) is 2.74. The quantitative estimate of drug-likeness (QED) is 0.737. The van der Waals surface area contributed by atoms with Crippen LogP contribution in [0, 0.1) is 0 Å². The molecule has 0 atom stereocenters. The van der Waals surface area contributed by atoms with Crippen LogP contribution in [0.15, 0.2) is 47.4 Å². The van der Waals surface area contributed by atoms with Gasteiger partial charge in [0.15, 0.2) is 0 Å².